The predicted octanol–water partition coefficient (Wildman–Crippen LogP) is 3.05. The molecule has 144 valence electrons. The van der Waals surface area contributed by atoms with Crippen molar-refractivity contribution in [1.82, 2.24) is 4.31 Å². The van der Waals surface area contributed by atoms with E-state index in [0.717, 1.165) is 5.56 Å². The Morgan fingerprint density at radius 1 is 1.07 bits per heavy atom. The van der Waals surface area contributed by atoms with E-state index in [4.69, 9.17) is 4.74 Å². The molecule has 1 heterocycles. The monoisotopic (exact) mass is 388 g/mol. The van der Waals surface area contributed by atoms with Crippen LogP contribution < -0.4 is 5.32 Å². The van der Waals surface area contributed by atoms with E-state index in [0.29, 0.717) is 24.3 Å². The third-order valence-electron chi connectivity index (χ3n) is 4.43. The van der Waals surface area contributed by atoms with Crippen molar-refractivity contribution in [3.63, 3.8) is 0 Å². The van der Waals surface area contributed by atoms with Gasteiger partial charge in [-0.05, 0) is 51.1 Å². The van der Waals surface area contributed by atoms with Gasteiger partial charge in [-0.25, -0.2) is 8.42 Å². The molecule has 1 N–H and O–H groups in total. The minimum atomic E-state index is -3.69. The van der Waals surface area contributed by atoms with Gasteiger partial charge in [0.1, 0.15) is 0 Å². The van der Waals surface area contributed by atoms with Gasteiger partial charge in [-0.2, -0.15) is 4.31 Å². The van der Waals surface area contributed by atoms with Crippen molar-refractivity contribution < 1.29 is 17.9 Å². The van der Waals surface area contributed by atoms with Crippen LogP contribution in [-0.2, 0) is 14.8 Å². The van der Waals surface area contributed by atoms with E-state index in [2.05, 4.69) is 5.32 Å². The third kappa shape index (κ3) is 4.55. The molecule has 7 heteroatoms. The van der Waals surface area contributed by atoms with Crippen molar-refractivity contribution in [2.75, 3.05) is 18.4 Å². The highest BCUT2D eigenvalue weighted by molar-refractivity contribution is 7.89. The number of carbonyl (C=O) groups is 1. The quantitative estimate of drug-likeness (QED) is 0.873. The molecule has 1 aliphatic heterocycles. The minimum absolute atomic E-state index is 0.111. The summed E-state index contributed by atoms with van der Waals surface area (Å²) in [6.07, 6.45) is -0.340. The third-order valence-corrected chi connectivity index (χ3v) is 6.26. The molecule has 0 bridgehead atoms. The number of hydrogen-bond acceptors (Lipinski definition) is 4. The van der Waals surface area contributed by atoms with Crippen LogP contribution >= 0.6 is 0 Å². The maximum Gasteiger partial charge on any atom is 0.255 e. The second-order valence-corrected chi connectivity index (χ2v) is 8.87. The molecule has 2 aromatic carbocycles. The Kier molecular flexibility index (Phi) is 5.64. The Balaban J connectivity index is 1.82. The summed E-state index contributed by atoms with van der Waals surface area (Å²) in [6.45, 7) is 6.26. The number of hydrogen-bond donors (Lipinski definition) is 1. The lowest BCUT2D eigenvalue weighted by Gasteiger charge is -2.34. The summed E-state index contributed by atoms with van der Waals surface area (Å²) in [5, 5.41) is 2.79. The summed E-state index contributed by atoms with van der Waals surface area (Å²) < 4.78 is 33.0. The molecule has 1 amide bonds. The Hall–Kier alpha value is -2.22. The molecule has 1 fully saturated rings. The predicted molar refractivity (Wildman–Crippen MR) is 104 cm³/mol. The number of ether oxygens (including phenoxy) is 1. The van der Waals surface area contributed by atoms with Gasteiger partial charge >= 0.3 is 0 Å². The van der Waals surface area contributed by atoms with E-state index in [-0.39, 0.29) is 23.0 Å². The van der Waals surface area contributed by atoms with Gasteiger partial charge in [0.05, 0.1) is 17.1 Å². The lowest BCUT2D eigenvalue weighted by Crippen LogP contribution is -2.48. The van der Waals surface area contributed by atoms with Crippen LogP contribution in [0.3, 0.4) is 0 Å². The molecule has 2 atom stereocenters. The number of morpholine rings is 1. The van der Waals surface area contributed by atoms with Gasteiger partial charge in [0.15, 0.2) is 0 Å². The zero-order valence-corrected chi connectivity index (χ0v) is 16.5. The largest absolute Gasteiger partial charge is 0.373 e. The number of nitrogens with one attached hydrogen (secondary N) is 1. The van der Waals surface area contributed by atoms with Crippen molar-refractivity contribution in [2.24, 2.45) is 0 Å². The average Bonchev–Trinajstić information content (AvgIpc) is 2.63. The first-order valence-corrected chi connectivity index (χ1v) is 10.3. The molecule has 0 aromatic heterocycles. The molecule has 0 aliphatic carbocycles. The zero-order valence-electron chi connectivity index (χ0n) is 15.7. The van der Waals surface area contributed by atoms with Gasteiger partial charge in [-0.3, -0.25) is 4.79 Å². The minimum Gasteiger partial charge on any atom is -0.373 e. The van der Waals surface area contributed by atoms with Crippen molar-refractivity contribution in [3.05, 3.63) is 59.7 Å². The second-order valence-electron chi connectivity index (χ2n) is 6.93. The molecule has 3 rings (SSSR count). The fourth-order valence-electron chi connectivity index (χ4n) is 3.11. The van der Waals surface area contributed by atoms with E-state index in [1.165, 1.54) is 16.4 Å². The molecule has 0 spiro atoms. The van der Waals surface area contributed by atoms with Gasteiger partial charge < -0.3 is 10.1 Å². The summed E-state index contributed by atoms with van der Waals surface area (Å²) in [6, 6.07) is 13.5. The molecule has 27 heavy (non-hydrogen) atoms. The summed E-state index contributed by atoms with van der Waals surface area (Å²) in [5.74, 6) is -0.348. The van der Waals surface area contributed by atoms with Crippen molar-refractivity contribution in [1.29, 1.82) is 0 Å². The molecule has 0 radical (unpaired) electrons. The normalized spacial score (nSPS) is 21.0. The molecule has 2 unspecified atom stereocenters. The standard InChI is InChI=1S/C20H24N2O4S/c1-14-7-9-18(10-8-14)21-20(23)17-5-4-6-19(11-17)27(24,25)22-12-15(2)26-16(3)13-22/h4-11,15-16H,12-13H2,1-3H3,(H,21,23). The number of benzene rings is 2. The Morgan fingerprint density at radius 2 is 1.70 bits per heavy atom. The number of amides is 1. The molecular formula is C20H24N2O4S. The Morgan fingerprint density at radius 3 is 2.33 bits per heavy atom. The van der Waals surface area contributed by atoms with Crippen molar-refractivity contribution >= 4 is 21.6 Å². The maximum atomic E-state index is 13.0. The number of carbonyl (C=O) groups excluding carboxylic acids is 1. The zero-order chi connectivity index (χ0) is 19.6. The first-order valence-electron chi connectivity index (χ1n) is 8.89. The lowest BCUT2D eigenvalue weighted by molar-refractivity contribution is -0.0440. The van der Waals surface area contributed by atoms with Crippen LogP contribution in [0.5, 0.6) is 0 Å². The highest BCUT2D eigenvalue weighted by Gasteiger charge is 2.32. The molecule has 1 aliphatic rings. The summed E-state index contributed by atoms with van der Waals surface area (Å²) in [7, 11) is -3.69. The molecular weight excluding hydrogens is 364 g/mol. The van der Waals surface area contributed by atoms with E-state index in [1.807, 2.05) is 45.0 Å². The van der Waals surface area contributed by atoms with E-state index in [1.54, 1.807) is 12.1 Å². The highest BCUT2D eigenvalue weighted by Crippen LogP contribution is 2.22. The van der Waals surface area contributed by atoms with E-state index in [9.17, 15) is 13.2 Å². The topological polar surface area (TPSA) is 75.7 Å². The van der Waals surface area contributed by atoms with Gasteiger partial charge in [0, 0.05) is 24.3 Å². The van der Waals surface area contributed by atoms with Gasteiger partial charge in [-0.15, -0.1) is 0 Å². The smallest absolute Gasteiger partial charge is 0.255 e. The van der Waals surface area contributed by atoms with Crippen LogP contribution in [0.1, 0.15) is 29.8 Å². The Labute approximate surface area is 160 Å². The summed E-state index contributed by atoms with van der Waals surface area (Å²) in [5.41, 5.74) is 2.05. The fourth-order valence-corrected chi connectivity index (χ4v) is 4.75. The van der Waals surface area contributed by atoms with Gasteiger partial charge in [-0.1, -0.05) is 23.8 Å². The van der Waals surface area contributed by atoms with Gasteiger partial charge in [0.2, 0.25) is 10.0 Å². The van der Waals surface area contributed by atoms with Crippen molar-refractivity contribution in [3.8, 4) is 0 Å². The molecule has 1 saturated heterocycles. The number of rotatable bonds is 4. The average molecular weight is 388 g/mol. The first-order chi connectivity index (χ1) is 12.8. The van der Waals surface area contributed by atoms with Gasteiger partial charge in [0.25, 0.3) is 5.91 Å². The van der Waals surface area contributed by atoms with E-state index >= 15 is 0 Å². The number of aryl methyl sites for hydroxylation is 1. The summed E-state index contributed by atoms with van der Waals surface area (Å²) >= 11 is 0. The molecule has 2 aromatic rings. The van der Waals surface area contributed by atoms with Crippen LogP contribution in [0, 0.1) is 6.92 Å². The van der Waals surface area contributed by atoms with Crippen LogP contribution in [0.25, 0.3) is 0 Å². The number of sulfonamides is 1. The number of nitrogens with zero attached hydrogens (tertiary/aromatic N) is 1. The van der Waals surface area contributed by atoms with Crippen LogP contribution in [-0.4, -0.2) is 43.9 Å². The second kappa shape index (κ2) is 7.80. The first kappa shape index (κ1) is 19.5. The highest BCUT2D eigenvalue weighted by atomic mass is 32.2. The summed E-state index contributed by atoms with van der Waals surface area (Å²) in [4.78, 5) is 12.6. The van der Waals surface area contributed by atoms with Crippen LogP contribution in [0.2, 0.25) is 0 Å². The Bertz CT molecular complexity index is 915. The fraction of sp³-hybridized carbons (Fsp3) is 0.350. The van der Waals surface area contributed by atoms with Crippen molar-refractivity contribution in [2.45, 2.75) is 37.9 Å². The SMILES string of the molecule is Cc1ccc(NC(=O)c2cccc(S(=O)(=O)N3CC(C)OC(C)C3)c2)cc1. The van der Waals surface area contributed by atoms with Crippen LogP contribution in [0.15, 0.2) is 53.4 Å². The molecule has 0 saturated carbocycles. The maximum absolute atomic E-state index is 13.0. The lowest BCUT2D eigenvalue weighted by atomic mass is 10.2. The van der Waals surface area contributed by atoms with Crippen LogP contribution in [0.4, 0.5) is 5.69 Å². The van der Waals surface area contributed by atoms with E-state index < -0.39 is 10.0 Å². The number of anilines is 1. The molecule has 6 nitrogen and oxygen atoms in total.